The number of nitrogens with one attached hydrogen (secondary N) is 3. The molecule has 1 aliphatic heterocycles. The normalized spacial score (nSPS) is 15.4. The van der Waals surface area contributed by atoms with Gasteiger partial charge in [-0.15, -0.1) is 24.0 Å². The fourth-order valence-corrected chi connectivity index (χ4v) is 3.29. The van der Waals surface area contributed by atoms with Crippen molar-refractivity contribution in [2.75, 3.05) is 25.6 Å². The number of amides is 1. The molecule has 0 spiro atoms. The Hall–Kier alpha value is -2.59. The van der Waals surface area contributed by atoms with Crippen molar-refractivity contribution in [3.8, 4) is 5.75 Å². The molecule has 7 nitrogen and oxygen atoms in total. The third kappa shape index (κ3) is 7.83. The lowest BCUT2D eigenvalue weighted by molar-refractivity contribution is -0.124. The molecule has 0 aliphatic carbocycles. The molecule has 2 aromatic rings. The average molecular weight is 550 g/mol. The van der Waals surface area contributed by atoms with E-state index in [1.165, 1.54) is 0 Å². The van der Waals surface area contributed by atoms with Gasteiger partial charge in [-0.25, -0.2) is 0 Å². The van der Waals surface area contributed by atoms with Gasteiger partial charge in [0.05, 0.1) is 0 Å². The van der Waals surface area contributed by atoms with E-state index in [1.54, 1.807) is 13.1 Å². The highest BCUT2D eigenvalue weighted by atomic mass is 127. The van der Waals surface area contributed by atoms with Crippen molar-refractivity contribution in [3.63, 3.8) is 0 Å². The van der Waals surface area contributed by atoms with Crippen LogP contribution in [0.2, 0.25) is 0 Å². The van der Waals surface area contributed by atoms with Gasteiger partial charge in [-0.3, -0.25) is 9.79 Å². The number of para-hydroxylation sites is 1. The molecule has 1 fully saturated rings. The zero-order valence-corrected chi connectivity index (χ0v) is 20.6. The van der Waals surface area contributed by atoms with E-state index in [0.29, 0.717) is 32.3 Å². The first-order chi connectivity index (χ1) is 15.2. The second kappa shape index (κ2) is 13.7. The lowest BCUT2D eigenvalue weighted by Crippen LogP contribution is -2.36. The largest absolute Gasteiger partial charge is 0.489 e. The second-order valence-electron chi connectivity index (χ2n) is 7.18. The number of halogens is 1. The molecule has 1 unspecified atom stereocenters. The third-order valence-corrected chi connectivity index (χ3v) is 4.88. The van der Waals surface area contributed by atoms with Gasteiger partial charge in [0.15, 0.2) is 5.96 Å². The second-order valence-corrected chi connectivity index (χ2v) is 7.18. The summed E-state index contributed by atoms with van der Waals surface area (Å²) in [6, 6.07) is 15.6. The van der Waals surface area contributed by atoms with Gasteiger partial charge in [-0.05, 0) is 36.6 Å². The van der Waals surface area contributed by atoms with Crippen molar-refractivity contribution in [1.29, 1.82) is 0 Å². The van der Waals surface area contributed by atoms with Crippen molar-refractivity contribution in [2.24, 2.45) is 4.99 Å². The van der Waals surface area contributed by atoms with Crippen LogP contribution in [0.4, 0.5) is 5.69 Å². The standard InChI is InChI=1S/C24H30N4O3.HI/c1-3-13-30-21-11-5-4-9-19(21)17-27-24(25-2)26-16-18-8-6-10-20(15-18)28-23(29)22-12-7-14-31-22;/h3-6,8-11,15,22H,1,7,12-14,16-17H2,2H3,(H,28,29)(H2,25,26,27);1H. The van der Waals surface area contributed by atoms with Crippen LogP contribution in [0.15, 0.2) is 66.2 Å². The molecular weight excluding hydrogens is 519 g/mol. The highest BCUT2D eigenvalue weighted by molar-refractivity contribution is 14.0. The molecule has 3 rings (SSSR count). The molecule has 8 heteroatoms. The highest BCUT2D eigenvalue weighted by Gasteiger charge is 2.23. The molecule has 1 atom stereocenters. The van der Waals surface area contributed by atoms with Gasteiger partial charge in [-0.1, -0.05) is 43.0 Å². The number of carbonyl (C=O) groups is 1. The quantitative estimate of drug-likeness (QED) is 0.191. The average Bonchev–Trinajstić information content (AvgIpc) is 3.34. The fraction of sp³-hybridized carbons (Fsp3) is 0.333. The van der Waals surface area contributed by atoms with E-state index in [9.17, 15) is 4.79 Å². The summed E-state index contributed by atoms with van der Waals surface area (Å²) < 4.78 is 11.1. The van der Waals surface area contributed by atoms with Gasteiger partial charge >= 0.3 is 0 Å². The Morgan fingerprint density at radius 3 is 2.78 bits per heavy atom. The number of benzene rings is 2. The number of hydrogen-bond acceptors (Lipinski definition) is 4. The Morgan fingerprint density at radius 1 is 1.22 bits per heavy atom. The first-order valence-electron chi connectivity index (χ1n) is 10.5. The van der Waals surface area contributed by atoms with Crippen molar-refractivity contribution < 1.29 is 14.3 Å². The minimum Gasteiger partial charge on any atom is -0.489 e. The van der Waals surface area contributed by atoms with Crippen molar-refractivity contribution in [2.45, 2.75) is 32.0 Å². The van der Waals surface area contributed by atoms with Gasteiger partial charge in [-0.2, -0.15) is 0 Å². The Balaban J connectivity index is 0.00000363. The molecule has 0 radical (unpaired) electrons. The number of carbonyl (C=O) groups excluding carboxylic acids is 1. The van der Waals surface area contributed by atoms with Crippen molar-refractivity contribution >= 4 is 41.5 Å². The summed E-state index contributed by atoms with van der Waals surface area (Å²) >= 11 is 0. The van der Waals surface area contributed by atoms with Gasteiger partial charge in [0.2, 0.25) is 0 Å². The smallest absolute Gasteiger partial charge is 0.253 e. The van der Waals surface area contributed by atoms with Crippen LogP contribution in [0, 0.1) is 0 Å². The summed E-state index contributed by atoms with van der Waals surface area (Å²) in [6.45, 7) is 5.94. The number of guanidine groups is 1. The molecule has 0 saturated carbocycles. The van der Waals surface area contributed by atoms with Gasteiger partial charge in [0.25, 0.3) is 5.91 Å². The van der Waals surface area contributed by atoms with Crippen LogP contribution in [0.1, 0.15) is 24.0 Å². The molecule has 32 heavy (non-hydrogen) atoms. The summed E-state index contributed by atoms with van der Waals surface area (Å²) in [7, 11) is 1.73. The number of anilines is 1. The van der Waals surface area contributed by atoms with Gasteiger partial charge in [0.1, 0.15) is 18.5 Å². The lowest BCUT2D eigenvalue weighted by Gasteiger charge is -2.15. The molecule has 1 amide bonds. The summed E-state index contributed by atoms with van der Waals surface area (Å²) in [6.07, 6.45) is 3.08. The van der Waals surface area contributed by atoms with Gasteiger partial charge in [0, 0.05) is 38.0 Å². The molecule has 172 valence electrons. The maximum atomic E-state index is 12.3. The van der Waals surface area contributed by atoms with Crippen LogP contribution in [0.5, 0.6) is 5.75 Å². The Kier molecular flexibility index (Phi) is 11.0. The molecule has 1 aliphatic rings. The van der Waals surface area contributed by atoms with E-state index < -0.39 is 0 Å². The van der Waals surface area contributed by atoms with Crippen LogP contribution in [0.25, 0.3) is 0 Å². The van der Waals surface area contributed by atoms with E-state index in [2.05, 4.69) is 27.5 Å². The van der Waals surface area contributed by atoms with Crippen LogP contribution in [-0.2, 0) is 22.6 Å². The summed E-state index contributed by atoms with van der Waals surface area (Å²) in [5.74, 6) is 1.41. The molecule has 1 saturated heterocycles. The topological polar surface area (TPSA) is 84.0 Å². The van der Waals surface area contributed by atoms with Crippen molar-refractivity contribution in [1.82, 2.24) is 10.6 Å². The highest BCUT2D eigenvalue weighted by Crippen LogP contribution is 2.18. The van der Waals surface area contributed by atoms with Crippen LogP contribution in [0.3, 0.4) is 0 Å². The summed E-state index contributed by atoms with van der Waals surface area (Å²) in [5.41, 5.74) is 2.82. The van der Waals surface area contributed by atoms with E-state index in [4.69, 9.17) is 9.47 Å². The number of aliphatic imine (C=N–C) groups is 1. The Morgan fingerprint density at radius 2 is 2.03 bits per heavy atom. The fourth-order valence-electron chi connectivity index (χ4n) is 3.29. The minimum atomic E-state index is -0.344. The zero-order chi connectivity index (χ0) is 21.9. The molecule has 1 heterocycles. The van der Waals surface area contributed by atoms with Gasteiger partial charge < -0.3 is 25.4 Å². The first kappa shape index (κ1) is 25.7. The summed E-state index contributed by atoms with van der Waals surface area (Å²) in [5, 5.41) is 9.54. The van der Waals surface area contributed by atoms with Crippen LogP contribution < -0.4 is 20.7 Å². The number of hydrogen-bond donors (Lipinski definition) is 3. The van der Waals surface area contributed by atoms with Crippen LogP contribution >= 0.6 is 24.0 Å². The maximum absolute atomic E-state index is 12.3. The van der Waals surface area contributed by atoms with Crippen molar-refractivity contribution in [3.05, 3.63) is 72.3 Å². The summed E-state index contributed by atoms with van der Waals surface area (Å²) in [4.78, 5) is 16.5. The number of ether oxygens (including phenoxy) is 2. The SMILES string of the molecule is C=CCOc1ccccc1CNC(=NC)NCc1cccc(NC(=O)C2CCCO2)c1.I. The molecular formula is C24H31IN4O3. The Bertz CT molecular complexity index is 914. The third-order valence-electron chi connectivity index (χ3n) is 4.88. The lowest BCUT2D eigenvalue weighted by atomic mass is 10.2. The van der Waals surface area contributed by atoms with Crippen LogP contribution in [-0.4, -0.2) is 38.2 Å². The molecule has 0 aromatic heterocycles. The number of rotatable bonds is 9. The molecule has 3 N–H and O–H groups in total. The van der Waals surface area contributed by atoms with E-state index >= 15 is 0 Å². The predicted octanol–water partition coefficient (Wildman–Crippen LogP) is 3.85. The molecule has 0 bridgehead atoms. The first-order valence-corrected chi connectivity index (χ1v) is 10.5. The monoisotopic (exact) mass is 550 g/mol. The predicted molar refractivity (Wildman–Crippen MR) is 139 cm³/mol. The van der Waals surface area contributed by atoms with E-state index in [-0.39, 0.29) is 36.0 Å². The zero-order valence-electron chi connectivity index (χ0n) is 18.3. The van der Waals surface area contributed by atoms with E-state index in [1.807, 2.05) is 48.5 Å². The Labute approximate surface area is 206 Å². The maximum Gasteiger partial charge on any atom is 0.253 e. The molecule has 2 aromatic carbocycles. The minimum absolute atomic E-state index is 0. The number of nitrogens with zero attached hydrogens (tertiary/aromatic N) is 1. The van der Waals surface area contributed by atoms with E-state index in [0.717, 1.165) is 35.4 Å².